The van der Waals surface area contributed by atoms with E-state index in [1.165, 1.54) is 0 Å². The lowest BCUT2D eigenvalue weighted by Gasteiger charge is -2.42. The Morgan fingerprint density at radius 3 is 1.88 bits per heavy atom. The second-order valence-electron chi connectivity index (χ2n) is 6.08. The van der Waals surface area contributed by atoms with Crippen LogP contribution in [0.3, 0.4) is 0 Å². The molecule has 0 heterocycles. The molecule has 0 aliphatic rings. The molecule has 0 saturated heterocycles. The van der Waals surface area contributed by atoms with Gasteiger partial charge in [0.1, 0.15) is 5.60 Å². The average Bonchev–Trinajstić information content (AvgIpc) is 2.62. The van der Waals surface area contributed by atoms with Gasteiger partial charge in [-0.1, -0.05) is 85.8 Å². The molecule has 0 saturated carbocycles. The summed E-state index contributed by atoms with van der Waals surface area (Å²) >= 11 is 6.11. The van der Waals surface area contributed by atoms with Crippen molar-refractivity contribution in [3.63, 3.8) is 0 Å². The summed E-state index contributed by atoms with van der Waals surface area (Å²) in [6.45, 7) is 6.06. The summed E-state index contributed by atoms with van der Waals surface area (Å²) < 4.78 is 6.22. The summed E-state index contributed by atoms with van der Waals surface area (Å²) in [6, 6.07) is 20.9. The van der Waals surface area contributed by atoms with Crippen molar-refractivity contribution < 1.29 is 4.74 Å². The molecule has 0 radical (unpaired) electrons. The summed E-state index contributed by atoms with van der Waals surface area (Å²) in [7, 11) is 3.73. The summed E-state index contributed by atoms with van der Waals surface area (Å²) in [5, 5.41) is 4.03. The number of nitrogens with one attached hydrogen (secondary N) is 1. The summed E-state index contributed by atoms with van der Waals surface area (Å²) in [5.41, 5.74) is 1.70. The molecule has 0 bridgehead atoms. The highest BCUT2D eigenvalue weighted by Crippen LogP contribution is 2.42. The minimum absolute atomic E-state index is 0.132. The zero-order valence-electron chi connectivity index (χ0n) is 14.6. The van der Waals surface area contributed by atoms with Crippen molar-refractivity contribution in [2.24, 2.45) is 5.92 Å². The molecule has 0 fully saturated rings. The molecule has 0 amide bonds. The van der Waals surface area contributed by atoms with Crippen LogP contribution in [-0.4, -0.2) is 20.2 Å². The molecular weight excluding hydrogens is 318 g/mol. The third-order valence-corrected chi connectivity index (χ3v) is 4.94. The largest absolute Gasteiger partial charge is 0.368 e. The van der Waals surface area contributed by atoms with E-state index in [4.69, 9.17) is 16.3 Å². The first-order chi connectivity index (χ1) is 11.6. The Labute approximate surface area is 150 Å². The molecule has 0 aromatic heterocycles. The number of benzene rings is 2. The maximum atomic E-state index is 6.22. The van der Waals surface area contributed by atoms with Crippen molar-refractivity contribution in [2.45, 2.75) is 25.0 Å². The van der Waals surface area contributed by atoms with Crippen LogP contribution in [0.25, 0.3) is 0 Å². The lowest BCUT2D eigenvalue weighted by molar-refractivity contribution is -0.0352. The SMILES string of the molecule is C=C(Cl)CC(NC)C(C)C(OC)(c1ccccc1)c1ccccc1. The van der Waals surface area contributed by atoms with E-state index in [0.717, 1.165) is 11.1 Å². The van der Waals surface area contributed by atoms with Crippen molar-refractivity contribution in [2.75, 3.05) is 14.2 Å². The summed E-state index contributed by atoms with van der Waals surface area (Å²) in [4.78, 5) is 0. The number of halogens is 1. The van der Waals surface area contributed by atoms with Gasteiger partial charge in [0.25, 0.3) is 0 Å². The minimum atomic E-state index is -0.567. The zero-order chi connectivity index (χ0) is 17.6. The average molecular weight is 344 g/mol. The van der Waals surface area contributed by atoms with E-state index < -0.39 is 5.60 Å². The van der Waals surface area contributed by atoms with Gasteiger partial charge in [-0.2, -0.15) is 0 Å². The second-order valence-corrected chi connectivity index (χ2v) is 6.61. The molecule has 2 unspecified atom stereocenters. The van der Waals surface area contributed by atoms with Crippen molar-refractivity contribution >= 4 is 11.6 Å². The van der Waals surface area contributed by atoms with Gasteiger partial charge in [0.2, 0.25) is 0 Å². The highest BCUT2D eigenvalue weighted by molar-refractivity contribution is 6.29. The Kier molecular flexibility index (Phi) is 6.61. The quantitative estimate of drug-likeness (QED) is 0.732. The van der Waals surface area contributed by atoms with Crippen LogP contribution < -0.4 is 5.32 Å². The molecule has 1 N–H and O–H groups in total. The lowest BCUT2D eigenvalue weighted by atomic mass is 9.72. The van der Waals surface area contributed by atoms with E-state index >= 15 is 0 Å². The van der Waals surface area contributed by atoms with Crippen LogP contribution in [0.4, 0.5) is 0 Å². The Balaban J connectivity index is 2.60. The van der Waals surface area contributed by atoms with Gasteiger partial charge in [0.15, 0.2) is 0 Å². The molecule has 3 heteroatoms. The van der Waals surface area contributed by atoms with E-state index in [1.54, 1.807) is 7.11 Å². The number of hydrogen-bond donors (Lipinski definition) is 1. The first kappa shape index (κ1) is 18.7. The lowest BCUT2D eigenvalue weighted by Crippen LogP contribution is -2.47. The van der Waals surface area contributed by atoms with Crippen LogP contribution in [0, 0.1) is 5.92 Å². The number of hydrogen-bond acceptors (Lipinski definition) is 2. The summed E-state index contributed by atoms with van der Waals surface area (Å²) in [6.07, 6.45) is 0.685. The maximum Gasteiger partial charge on any atom is 0.122 e. The highest BCUT2D eigenvalue weighted by atomic mass is 35.5. The third-order valence-electron chi connectivity index (χ3n) is 4.78. The van der Waals surface area contributed by atoms with Gasteiger partial charge in [-0.15, -0.1) is 0 Å². The fraction of sp³-hybridized carbons (Fsp3) is 0.333. The predicted molar refractivity (Wildman–Crippen MR) is 102 cm³/mol. The zero-order valence-corrected chi connectivity index (χ0v) is 15.4. The van der Waals surface area contributed by atoms with Gasteiger partial charge in [-0.25, -0.2) is 0 Å². The molecule has 2 aromatic rings. The molecule has 2 rings (SSSR count). The second kappa shape index (κ2) is 8.48. The molecule has 0 aliphatic carbocycles. The van der Waals surface area contributed by atoms with Crippen LogP contribution in [0.5, 0.6) is 0 Å². The monoisotopic (exact) mass is 343 g/mol. The Morgan fingerprint density at radius 1 is 1.08 bits per heavy atom. The first-order valence-electron chi connectivity index (χ1n) is 8.23. The van der Waals surface area contributed by atoms with Gasteiger partial charge >= 0.3 is 0 Å². The van der Waals surface area contributed by atoms with Crippen molar-refractivity contribution in [1.29, 1.82) is 0 Å². The van der Waals surface area contributed by atoms with Gasteiger partial charge in [0, 0.05) is 24.1 Å². The van der Waals surface area contributed by atoms with Crippen molar-refractivity contribution in [1.82, 2.24) is 5.32 Å². The number of methoxy groups -OCH3 is 1. The molecule has 24 heavy (non-hydrogen) atoms. The predicted octanol–water partition coefficient (Wildman–Crippen LogP) is 4.94. The van der Waals surface area contributed by atoms with E-state index in [9.17, 15) is 0 Å². The van der Waals surface area contributed by atoms with Crippen LogP contribution in [0.1, 0.15) is 24.5 Å². The Bertz CT molecular complexity index is 602. The third kappa shape index (κ3) is 3.72. The van der Waals surface area contributed by atoms with Crippen LogP contribution in [0.2, 0.25) is 0 Å². The molecule has 2 nitrogen and oxygen atoms in total. The molecule has 128 valence electrons. The number of rotatable bonds is 8. The van der Waals surface area contributed by atoms with E-state index in [2.05, 4.69) is 43.1 Å². The van der Waals surface area contributed by atoms with Crippen LogP contribution in [0.15, 0.2) is 72.3 Å². The topological polar surface area (TPSA) is 21.3 Å². The van der Waals surface area contributed by atoms with Gasteiger partial charge in [-0.3, -0.25) is 0 Å². The fourth-order valence-electron chi connectivity index (χ4n) is 3.54. The van der Waals surface area contributed by atoms with E-state index in [0.29, 0.717) is 11.5 Å². The minimum Gasteiger partial charge on any atom is -0.368 e. The summed E-state index contributed by atoms with van der Waals surface area (Å²) in [5.74, 6) is 0.132. The van der Waals surface area contributed by atoms with Crippen molar-refractivity contribution in [3.8, 4) is 0 Å². The fourth-order valence-corrected chi connectivity index (χ4v) is 3.70. The highest BCUT2D eigenvalue weighted by Gasteiger charge is 2.43. The van der Waals surface area contributed by atoms with Gasteiger partial charge < -0.3 is 10.1 Å². The standard InChI is InChI=1S/C21H26ClNO/c1-16(22)15-20(23-3)17(2)21(24-4,18-11-7-5-8-12-18)19-13-9-6-10-14-19/h5-14,17,20,23H,1,15H2,2-4H3. The van der Waals surface area contributed by atoms with E-state index in [1.807, 2.05) is 43.4 Å². The molecular formula is C21H26ClNO. The van der Waals surface area contributed by atoms with Crippen LogP contribution in [-0.2, 0) is 10.3 Å². The smallest absolute Gasteiger partial charge is 0.122 e. The molecule has 2 atom stereocenters. The van der Waals surface area contributed by atoms with E-state index in [-0.39, 0.29) is 12.0 Å². The van der Waals surface area contributed by atoms with Gasteiger partial charge in [-0.05, 0) is 24.6 Å². The molecule has 2 aromatic carbocycles. The molecule has 0 aliphatic heterocycles. The Morgan fingerprint density at radius 2 is 1.54 bits per heavy atom. The number of ether oxygens (including phenoxy) is 1. The molecule has 0 spiro atoms. The maximum absolute atomic E-state index is 6.22. The van der Waals surface area contributed by atoms with Crippen molar-refractivity contribution in [3.05, 3.63) is 83.4 Å². The Hall–Kier alpha value is -1.61. The van der Waals surface area contributed by atoms with Gasteiger partial charge in [0.05, 0.1) is 0 Å². The normalized spacial score (nSPS) is 14.2. The first-order valence-corrected chi connectivity index (χ1v) is 8.60. The van der Waals surface area contributed by atoms with Crippen LogP contribution >= 0.6 is 11.6 Å².